The molecule has 0 aliphatic rings. The first-order valence-electron chi connectivity index (χ1n) is 6.23. The minimum absolute atomic E-state index is 0.564. The number of fused-ring (bicyclic) bond motifs is 1. The van der Waals surface area contributed by atoms with Crippen molar-refractivity contribution in [2.45, 2.75) is 6.04 Å². The van der Waals surface area contributed by atoms with Crippen molar-refractivity contribution >= 4 is 49.8 Å². The van der Waals surface area contributed by atoms with Crippen LogP contribution in [0.25, 0.3) is 10.8 Å². The van der Waals surface area contributed by atoms with Gasteiger partial charge in [-0.3, -0.25) is 0 Å². The van der Waals surface area contributed by atoms with Crippen molar-refractivity contribution in [3.8, 4) is 0 Å². The molecule has 4 nitrogen and oxygen atoms in total. The first kappa shape index (κ1) is 14.0. The third-order valence-electron chi connectivity index (χ3n) is 3.11. The highest BCUT2D eigenvalue weighted by atomic mass is 79.9. The molecule has 2 N–H and O–H groups in total. The maximum absolute atomic E-state index is 11.5. The number of benzene rings is 1. The van der Waals surface area contributed by atoms with Crippen molar-refractivity contribution in [3.05, 3.63) is 57.3 Å². The second kappa shape index (κ2) is 5.83. The summed E-state index contributed by atoms with van der Waals surface area (Å²) in [5, 5.41) is 16.2. The minimum atomic E-state index is -0.925. The summed E-state index contributed by atoms with van der Waals surface area (Å²) in [7, 11) is 0. The van der Waals surface area contributed by atoms with E-state index in [1.807, 2.05) is 35.7 Å². The number of carbonyl (C=O) groups is 1. The zero-order chi connectivity index (χ0) is 14.8. The van der Waals surface area contributed by atoms with Crippen molar-refractivity contribution in [2.75, 3.05) is 5.32 Å². The molecule has 0 radical (unpaired) electrons. The second-order valence-electron chi connectivity index (χ2n) is 4.43. The Kier molecular flexibility index (Phi) is 3.90. The maximum atomic E-state index is 11.5. The van der Waals surface area contributed by atoms with Crippen LogP contribution >= 0.6 is 27.3 Å². The van der Waals surface area contributed by atoms with Gasteiger partial charge in [0.2, 0.25) is 0 Å². The molecule has 1 aromatic carbocycles. The predicted molar refractivity (Wildman–Crippen MR) is 87.8 cm³/mol. The average molecular weight is 363 g/mol. The fourth-order valence-corrected chi connectivity index (χ4v) is 3.40. The maximum Gasteiger partial charge on any atom is 0.331 e. The highest BCUT2D eigenvalue weighted by Crippen LogP contribution is 2.30. The van der Waals surface area contributed by atoms with Crippen LogP contribution in [0.5, 0.6) is 0 Å². The molecule has 2 aromatic heterocycles. The van der Waals surface area contributed by atoms with Crippen molar-refractivity contribution < 1.29 is 9.90 Å². The molecule has 106 valence electrons. The van der Waals surface area contributed by atoms with E-state index in [0.29, 0.717) is 5.82 Å². The minimum Gasteiger partial charge on any atom is -0.479 e. The van der Waals surface area contributed by atoms with Gasteiger partial charge >= 0.3 is 5.97 Å². The standard InChI is InChI=1S/C15H11BrN2O2S/c16-11-4-1-3-10-9(11)6-7-17-14(10)18-13(15(19)20)12-5-2-8-21-12/h1-8,13H,(H,17,18)(H,19,20). The number of pyridine rings is 1. The number of thiophene rings is 1. The zero-order valence-corrected chi connectivity index (χ0v) is 13.2. The highest BCUT2D eigenvalue weighted by molar-refractivity contribution is 9.10. The number of carboxylic acid groups (broad SMARTS) is 1. The number of rotatable bonds is 4. The van der Waals surface area contributed by atoms with Gasteiger partial charge < -0.3 is 10.4 Å². The van der Waals surface area contributed by atoms with Gasteiger partial charge in [-0.25, -0.2) is 9.78 Å². The molecule has 0 aliphatic carbocycles. The predicted octanol–water partition coefficient (Wildman–Crippen LogP) is 4.30. The van der Waals surface area contributed by atoms with Crippen LogP contribution in [0.15, 0.2) is 52.4 Å². The molecular formula is C15H11BrN2O2S. The SMILES string of the molecule is O=C(O)C(Nc1nccc2c(Br)cccc12)c1cccs1. The molecule has 21 heavy (non-hydrogen) atoms. The number of aliphatic carboxylic acids is 1. The number of hydrogen-bond acceptors (Lipinski definition) is 4. The van der Waals surface area contributed by atoms with Crippen LogP contribution in [-0.4, -0.2) is 16.1 Å². The summed E-state index contributed by atoms with van der Waals surface area (Å²) in [4.78, 5) is 16.5. The summed E-state index contributed by atoms with van der Waals surface area (Å²) in [6.07, 6.45) is 1.67. The van der Waals surface area contributed by atoms with E-state index < -0.39 is 12.0 Å². The Morgan fingerprint density at radius 1 is 1.24 bits per heavy atom. The van der Waals surface area contributed by atoms with Crippen LogP contribution < -0.4 is 5.32 Å². The molecule has 0 spiro atoms. The first-order valence-corrected chi connectivity index (χ1v) is 7.90. The molecule has 6 heteroatoms. The lowest BCUT2D eigenvalue weighted by atomic mass is 10.1. The van der Waals surface area contributed by atoms with E-state index in [9.17, 15) is 9.90 Å². The quantitative estimate of drug-likeness (QED) is 0.726. The molecule has 1 atom stereocenters. The monoisotopic (exact) mass is 362 g/mol. The van der Waals surface area contributed by atoms with Crippen LogP contribution in [-0.2, 0) is 4.79 Å². The topological polar surface area (TPSA) is 62.2 Å². The van der Waals surface area contributed by atoms with Gasteiger partial charge in [0.1, 0.15) is 5.82 Å². The number of anilines is 1. The Labute approximate surface area is 133 Å². The lowest BCUT2D eigenvalue weighted by Crippen LogP contribution is -2.20. The number of carboxylic acids is 1. The number of aromatic nitrogens is 1. The fourth-order valence-electron chi connectivity index (χ4n) is 2.13. The first-order chi connectivity index (χ1) is 10.2. The van der Waals surface area contributed by atoms with Crippen LogP contribution in [0.2, 0.25) is 0 Å². The normalized spacial score (nSPS) is 12.2. The smallest absolute Gasteiger partial charge is 0.331 e. The Morgan fingerprint density at radius 3 is 2.81 bits per heavy atom. The Hall–Kier alpha value is -1.92. The third kappa shape index (κ3) is 2.77. The van der Waals surface area contributed by atoms with Gasteiger partial charge in [-0.2, -0.15) is 0 Å². The molecule has 0 bridgehead atoms. The number of hydrogen-bond donors (Lipinski definition) is 2. The van der Waals surface area contributed by atoms with Crippen molar-refractivity contribution in [2.24, 2.45) is 0 Å². The van der Waals surface area contributed by atoms with E-state index in [0.717, 1.165) is 20.1 Å². The van der Waals surface area contributed by atoms with E-state index in [2.05, 4.69) is 26.2 Å². The van der Waals surface area contributed by atoms with Crippen LogP contribution in [0.1, 0.15) is 10.9 Å². The molecular weight excluding hydrogens is 352 g/mol. The van der Waals surface area contributed by atoms with Gasteiger partial charge in [0.15, 0.2) is 6.04 Å². The van der Waals surface area contributed by atoms with Gasteiger partial charge in [0.05, 0.1) is 0 Å². The van der Waals surface area contributed by atoms with Crippen molar-refractivity contribution in [1.29, 1.82) is 0 Å². The summed E-state index contributed by atoms with van der Waals surface area (Å²) in [5.74, 6) is -0.360. The van der Waals surface area contributed by atoms with Crippen molar-refractivity contribution in [3.63, 3.8) is 0 Å². The number of nitrogens with zero attached hydrogens (tertiary/aromatic N) is 1. The summed E-state index contributed by atoms with van der Waals surface area (Å²) in [6, 6.07) is 10.5. The largest absolute Gasteiger partial charge is 0.479 e. The van der Waals surface area contributed by atoms with Crippen LogP contribution in [0.3, 0.4) is 0 Å². The summed E-state index contributed by atoms with van der Waals surface area (Å²) in [6.45, 7) is 0. The summed E-state index contributed by atoms with van der Waals surface area (Å²) in [5.41, 5.74) is 0. The Balaban J connectivity index is 2.05. The third-order valence-corrected chi connectivity index (χ3v) is 4.74. The molecule has 0 saturated carbocycles. The molecule has 0 amide bonds. The number of halogens is 1. The van der Waals surface area contributed by atoms with Gasteiger partial charge in [-0.05, 0) is 23.6 Å². The van der Waals surface area contributed by atoms with E-state index in [4.69, 9.17) is 0 Å². The van der Waals surface area contributed by atoms with E-state index in [1.165, 1.54) is 11.3 Å². The zero-order valence-electron chi connectivity index (χ0n) is 10.8. The van der Waals surface area contributed by atoms with Crippen LogP contribution in [0.4, 0.5) is 5.82 Å². The molecule has 2 heterocycles. The van der Waals surface area contributed by atoms with E-state index in [1.54, 1.807) is 12.3 Å². The molecule has 0 saturated heterocycles. The summed E-state index contributed by atoms with van der Waals surface area (Å²) >= 11 is 4.90. The fraction of sp³-hybridized carbons (Fsp3) is 0.0667. The molecule has 3 aromatic rings. The van der Waals surface area contributed by atoms with E-state index in [-0.39, 0.29) is 0 Å². The second-order valence-corrected chi connectivity index (χ2v) is 6.26. The lowest BCUT2D eigenvalue weighted by molar-refractivity contribution is -0.138. The molecule has 0 aliphatic heterocycles. The Morgan fingerprint density at radius 2 is 2.10 bits per heavy atom. The molecule has 3 rings (SSSR count). The number of nitrogens with one attached hydrogen (secondary N) is 1. The summed E-state index contributed by atoms with van der Waals surface area (Å²) < 4.78 is 0.952. The average Bonchev–Trinajstić information content (AvgIpc) is 2.99. The van der Waals surface area contributed by atoms with Gasteiger partial charge in [-0.15, -0.1) is 11.3 Å². The van der Waals surface area contributed by atoms with Crippen molar-refractivity contribution in [1.82, 2.24) is 4.98 Å². The van der Waals surface area contributed by atoms with Gasteiger partial charge in [0.25, 0.3) is 0 Å². The molecule has 1 unspecified atom stereocenters. The highest BCUT2D eigenvalue weighted by Gasteiger charge is 2.22. The van der Waals surface area contributed by atoms with Gasteiger partial charge in [0, 0.05) is 26.3 Å². The molecule has 0 fully saturated rings. The lowest BCUT2D eigenvalue weighted by Gasteiger charge is -2.15. The van der Waals surface area contributed by atoms with Gasteiger partial charge in [-0.1, -0.05) is 34.1 Å². The van der Waals surface area contributed by atoms with E-state index >= 15 is 0 Å². The van der Waals surface area contributed by atoms with Crippen LogP contribution in [0, 0.1) is 0 Å². The Bertz CT molecular complexity index is 789.